The van der Waals surface area contributed by atoms with Crippen molar-refractivity contribution in [2.45, 2.75) is 37.8 Å². The van der Waals surface area contributed by atoms with Crippen LogP contribution in [-0.4, -0.2) is 32.0 Å². The number of rotatable bonds is 8. The summed E-state index contributed by atoms with van der Waals surface area (Å²) in [5, 5.41) is 5.24. The molecule has 1 atom stereocenters. The second-order valence-electron chi connectivity index (χ2n) is 5.95. The molecule has 0 aliphatic heterocycles. The maximum atomic E-state index is 12.2. The van der Waals surface area contributed by atoms with Gasteiger partial charge < -0.3 is 9.88 Å². The number of fused-ring (bicyclic) bond motifs is 1. The Morgan fingerprint density at radius 3 is 2.92 bits per heavy atom. The maximum Gasteiger partial charge on any atom is 0.258 e. The van der Waals surface area contributed by atoms with Crippen LogP contribution in [0.2, 0.25) is 0 Å². The van der Waals surface area contributed by atoms with Crippen LogP contribution in [0.15, 0.2) is 33.4 Å². The van der Waals surface area contributed by atoms with Gasteiger partial charge in [0.1, 0.15) is 6.54 Å². The quantitative estimate of drug-likeness (QED) is 0.443. The normalized spacial score (nSPS) is 12.5. The van der Waals surface area contributed by atoms with Gasteiger partial charge in [0.25, 0.3) is 5.56 Å². The van der Waals surface area contributed by atoms with Gasteiger partial charge in [0.2, 0.25) is 0 Å². The van der Waals surface area contributed by atoms with E-state index in [0.717, 1.165) is 32.5 Å². The van der Waals surface area contributed by atoms with Crippen LogP contribution in [0.3, 0.4) is 0 Å². The molecule has 0 radical (unpaired) electrons. The Labute approximate surface area is 165 Å². The number of hydrogen-bond donors (Lipinski definition) is 2. The van der Waals surface area contributed by atoms with Crippen LogP contribution < -0.4 is 10.5 Å². The Bertz CT molecular complexity index is 994. The Hall–Kier alpha value is -1.55. The Morgan fingerprint density at radius 1 is 1.35 bits per heavy atom. The van der Waals surface area contributed by atoms with Crippen molar-refractivity contribution in [3.05, 3.63) is 44.4 Å². The van der Waals surface area contributed by atoms with Gasteiger partial charge in [0, 0.05) is 5.75 Å². The molecule has 0 aliphatic carbocycles. The molecule has 2 aromatic heterocycles. The molecule has 26 heavy (non-hydrogen) atoms. The molecule has 0 amide bonds. The average Bonchev–Trinajstić information content (AvgIpc) is 2.99. The molecule has 3 aromatic rings. The molecular weight excluding hydrogens is 386 g/mol. The van der Waals surface area contributed by atoms with Crippen molar-refractivity contribution in [3.8, 4) is 0 Å². The van der Waals surface area contributed by atoms with Crippen LogP contribution in [0, 0.1) is 3.95 Å². The van der Waals surface area contributed by atoms with Crippen molar-refractivity contribution in [3.63, 3.8) is 0 Å². The molecule has 3 rings (SSSR count). The topological polar surface area (TPSA) is 68.0 Å². The minimum absolute atomic E-state index is 0.0930. The van der Waals surface area contributed by atoms with E-state index in [1.807, 2.05) is 22.9 Å². The molecule has 0 aliphatic rings. The van der Waals surface area contributed by atoms with Crippen molar-refractivity contribution >= 4 is 46.2 Å². The molecule has 0 spiro atoms. The first-order valence-electron chi connectivity index (χ1n) is 8.63. The number of aromatic nitrogens is 4. The zero-order valence-corrected chi connectivity index (χ0v) is 17.3. The number of thioether (sulfide) groups is 1. The van der Waals surface area contributed by atoms with Gasteiger partial charge in [0.05, 0.1) is 17.4 Å². The molecule has 0 fully saturated rings. The lowest BCUT2D eigenvalue weighted by molar-refractivity contribution is -0.935. The summed E-state index contributed by atoms with van der Waals surface area (Å²) in [5.74, 6) is 1.74. The summed E-state index contributed by atoms with van der Waals surface area (Å²) in [4.78, 5) is 21.0. The highest BCUT2D eigenvalue weighted by atomic mass is 32.2. The van der Waals surface area contributed by atoms with Gasteiger partial charge in [-0.3, -0.25) is 4.79 Å². The number of para-hydroxylation sites is 1. The number of quaternary nitrogens is 1. The summed E-state index contributed by atoms with van der Waals surface area (Å²) in [7, 11) is 0. The fourth-order valence-electron chi connectivity index (χ4n) is 2.59. The van der Waals surface area contributed by atoms with E-state index in [2.05, 4.69) is 28.9 Å². The monoisotopic (exact) mass is 408 g/mol. The highest BCUT2D eigenvalue weighted by molar-refractivity contribution is 8.01. The fraction of sp³-hybridized carbons (Fsp3) is 0.412. The van der Waals surface area contributed by atoms with Gasteiger partial charge in [-0.05, 0) is 37.7 Å². The van der Waals surface area contributed by atoms with Gasteiger partial charge in [-0.2, -0.15) is 4.68 Å². The van der Waals surface area contributed by atoms with E-state index < -0.39 is 0 Å². The van der Waals surface area contributed by atoms with Gasteiger partial charge >= 0.3 is 0 Å². The van der Waals surface area contributed by atoms with Gasteiger partial charge in [-0.15, -0.1) is 5.10 Å². The standard InChI is InChI=1S/C17H21N5OS3/c1-3-9-25-16-20-22(17(24)26-16)11-21(4-2)10-14-18-13-8-6-5-7-12(13)15(23)19-14/h5-8H,3-4,9-11H2,1-2H3,(H,18,19,23)/p+1. The maximum absolute atomic E-state index is 12.2. The molecule has 1 aromatic carbocycles. The highest BCUT2D eigenvalue weighted by Gasteiger charge is 2.14. The van der Waals surface area contributed by atoms with E-state index in [-0.39, 0.29) is 5.56 Å². The SMILES string of the molecule is CCCSc1nn(C[NH+](CC)Cc2nc3ccccc3c(=O)[nH]2)c(=S)s1. The van der Waals surface area contributed by atoms with Crippen molar-refractivity contribution in [1.29, 1.82) is 0 Å². The summed E-state index contributed by atoms with van der Waals surface area (Å²) in [5.41, 5.74) is 0.634. The number of nitrogens with one attached hydrogen (secondary N) is 2. The molecular formula is C17H22N5OS3+. The molecule has 0 bridgehead atoms. The number of H-pyrrole nitrogens is 1. The van der Waals surface area contributed by atoms with E-state index in [9.17, 15) is 4.79 Å². The third-order valence-corrected chi connectivity index (χ3v) is 6.62. The summed E-state index contributed by atoms with van der Waals surface area (Å²) in [6.07, 6.45) is 1.12. The molecule has 2 heterocycles. The molecule has 6 nitrogen and oxygen atoms in total. The van der Waals surface area contributed by atoms with Gasteiger partial charge in [-0.1, -0.05) is 42.2 Å². The minimum atomic E-state index is -0.0930. The summed E-state index contributed by atoms with van der Waals surface area (Å²) >= 11 is 8.77. The Balaban J connectivity index is 1.77. The lowest BCUT2D eigenvalue weighted by Gasteiger charge is -2.16. The first-order chi connectivity index (χ1) is 12.6. The van der Waals surface area contributed by atoms with Gasteiger partial charge in [0.15, 0.2) is 20.8 Å². The second kappa shape index (κ2) is 8.90. The number of aromatic amines is 1. The van der Waals surface area contributed by atoms with Crippen LogP contribution in [0.1, 0.15) is 26.1 Å². The van der Waals surface area contributed by atoms with Crippen LogP contribution in [0.25, 0.3) is 10.9 Å². The predicted molar refractivity (Wildman–Crippen MR) is 110 cm³/mol. The number of benzene rings is 1. The van der Waals surface area contributed by atoms with Crippen LogP contribution >= 0.6 is 35.3 Å². The van der Waals surface area contributed by atoms with Crippen molar-refractivity contribution in [2.75, 3.05) is 12.3 Å². The summed E-state index contributed by atoms with van der Waals surface area (Å²) in [6.45, 7) is 6.43. The molecule has 9 heteroatoms. The molecule has 0 saturated heterocycles. The second-order valence-corrected chi connectivity index (χ2v) is 8.91. The van der Waals surface area contributed by atoms with Crippen LogP contribution in [0.5, 0.6) is 0 Å². The van der Waals surface area contributed by atoms with E-state index in [1.54, 1.807) is 29.2 Å². The third kappa shape index (κ3) is 4.59. The van der Waals surface area contributed by atoms with Crippen LogP contribution in [-0.2, 0) is 13.2 Å². The smallest absolute Gasteiger partial charge is 0.258 e. The number of nitrogens with zero attached hydrogens (tertiary/aromatic N) is 3. The predicted octanol–water partition coefficient (Wildman–Crippen LogP) is 2.48. The van der Waals surface area contributed by atoms with E-state index in [1.165, 1.54) is 4.90 Å². The minimum Gasteiger partial charge on any atom is -0.310 e. The summed E-state index contributed by atoms with van der Waals surface area (Å²) < 4.78 is 3.69. The van der Waals surface area contributed by atoms with Crippen molar-refractivity contribution in [1.82, 2.24) is 19.7 Å². The first kappa shape index (κ1) is 19.2. The fourth-order valence-corrected chi connectivity index (χ4v) is 4.85. The zero-order chi connectivity index (χ0) is 18.5. The zero-order valence-electron chi connectivity index (χ0n) is 14.8. The first-order valence-corrected chi connectivity index (χ1v) is 10.8. The van der Waals surface area contributed by atoms with Crippen molar-refractivity contribution in [2.24, 2.45) is 0 Å². The number of hydrogen-bond acceptors (Lipinski definition) is 6. The van der Waals surface area contributed by atoms with Gasteiger partial charge in [-0.25, -0.2) is 4.98 Å². The average molecular weight is 409 g/mol. The molecule has 1 unspecified atom stereocenters. The lowest BCUT2D eigenvalue weighted by atomic mass is 10.2. The lowest BCUT2D eigenvalue weighted by Crippen LogP contribution is -3.09. The van der Waals surface area contributed by atoms with E-state index in [4.69, 9.17) is 12.2 Å². The van der Waals surface area contributed by atoms with E-state index in [0.29, 0.717) is 24.4 Å². The molecule has 0 saturated carbocycles. The molecule has 138 valence electrons. The van der Waals surface area contributed by atoms with Crippen molar-refractivity contribution < 1.29 is 4.90 Å². The summed E-state index contributed by atoms with van der Waals surface area (Å²) in [6, 6.07) is 7.40. The Morgan fingerprint density at radius 2 is 2.15 bits per heavy atom. The third-order valence-electron chi connectivity index (χ3n) is 3.97. The van der Waals surface area contributed by atoms with E-state index >= 15 is 0 Å². The molecule has 2 N–H and O–H groups in total. The Kier molecular flexibility index (Phi) is 6.58. The largest absolute Gasteiger partial charge is 0.310 e. The highest BCUT2D eigenvalue weighted by Crippen LogP contribution is 2.22. The van der Waals surface area contributed by atoms with Crippen LogP contribution in [0.4, 0.5) is 0 Å².